The molecular weight excluding hydrogens is 753 g/mol. The van der Waals surface area contributed by atoms with Crippen molar-refractivity contribution < 1.29 is 37.3 Å². The molecule has 1 atom stereocenters. The van der Waals surface area contributed by atoms with Gasteiger partial charge in [0.2, 0.25) is 0 Å². The minimum Gasteiger partial charge on any atom is -0.490 e. The molecule has 53 heavy (non-hydrogen) atoms. The van der Waals surface area contributed by atoms with Crippen molar-refractivity contribution in [1.29, 1.82) is 10.5 Å². The van der Waals surface area contributed by atoms with Gasteiger partial charge in [-0.25, -0.2) is 14.8 Å². The first kappa shape index (κ1) is 40.1. The standard InChI is InChI=1S/C34H27ClN6O3S2.C2HF3O2/c35-24-10-6-23(7-11-24)32-40-25(19-45-32)20-46-33-28(18-37)30(27(17-36)31(39)41-33)22-8-12-26(13-9-22)43-14-15-44-34(42)29(38)16-21-4-2-1-3-5-21;3-2(4,5)1(6)7/h1-13,19,29H,14-16,20,38H2,(H2,39,41);(H,6,7)/t29-;/m0./s1. The SMILES string of the molecule is N#Cc1c(N)nc(SCc2csc(-c3ccc(Cl)cc3)n2)c(C#N)c1-c1ccc(OCCOC(=O)[C@@H](N)Cc2ccccc2)cc1.O=C(O)C(F)(F)F. The number of aromatic nitrogens is 2. The lowest BCUT2D eigenvalue weighted by atomic mass is 9.97. The van der Waals surface area contributed by atoms with E-state index in [0.29, 0.717) is 39.1 Å². The molecule has 0 aliphatic heterocycles. The Labute approximate surface area is 314 Å². The second-order valence-corrected chi connectivity index (χ2v) is 13.0. The van der Waals surface area contributed by atoms with Crippen molar-refractivity contribution in [2.45, 2.75) is 29.4 Å². The maximum Gasteiger partial charge on any atom is 0.490 e. The summed E-state index contributed by atoms with van der Waals surface area (Å²) in [7, 11) is 0. The van der Waals surface area contributed by atoms with Crippen molar-refractivity contribution >= 4 is 52.5 Å². The van der Waals surface area contributed by atoms with E-state index in [2.05, 4.69) is 17.1 Å². The molecule has 11 nitrogen and oxygen atoms in total. The number of pyridine rings is 1. The number of ether oxygens (including phenoxy) is 2. The van der Waals surface area contributed by atoms with Crippen molar-refractivity contribution in [2.24, 2.45) is 5.73 Å². The lowest BCUT2D eigenvalue weighted by Crippen LogP contribution is -2.35. The van der Waals surface area contributed by atoms with Crippen LogP contribution in [0.2, 0.25) is 5.02 Å². The van der Waals surface area contributed by atoms with Crippen molar-refractivity contribution in [3.05, 3.63) is 112 Å². The minimum atomic E-state index is -5.08. The predicted molar refractivity (Wildman–Crippen MR) is 194 cm³/mol. The molecule has 0 fully saturated rings. The van der Waals surface area contributed by atoms with E-state index in [-0.39, 0.29) is 30.2 Å². The highest BCUT2D eigenvalue weighted by Crippen LogP contribution is 2.37. The van der Waals surface area contributed by atoms with E-state index < -0.39 is 24.2 Å². The smallest absolute Gasteiger partial charge is 0.490 e. The van der Waals surface area contributed by atoms with Gasteiger partial charge in [0.1, 0.15) is 58.6 Å². The van der Waals surface area contributed by atoms with E-state index in [4.69, 9.17) is 47.4 Å². The number of hydrogen-bond acceptors (Lipinski definition) is 12. The van der Waals surface area contributed by atoms with Crippen molar-refractivity contribution in [1.82, 2.24) is 9.97 Å². The molecule has 272 valence electrons. The molecule has 2 heterocycles. The van der Waals surface area contributed by atoms with Crippen LogP contribution in [-0.2, 0) is 26.5 Å². The summed E-state index contributed by atoms with van der Waals surface area (Å²) < 4.78 is 42.7. The van der Waals surface area contributed by atoms with Crippen LogP contribution in [0.3, 0.4) is 0 Å². The average molecular weight is 781 g/mol. The summed E-state index contributed by atoms with van der Waals surface area (Å²) in [6.07, 6.45) is -4.70. The zero-order valence-corrected chi connectivity index (χ0v) is 29.7. The Morgan fingerprint density at radius 1 is 0.943 bits per heavy atom. The van der Waals surface area contributed by atoms with Gasteiger partial charge in [-0.2, -0.15) is 23.7 Å². The highest BCUT2D eigenvalue weighted by Gasteiger charge is 2.38. The van der Waals surface area contributed by atoms with Gasteiger partial charge < -0.3 is 26.0 Å². The fourth-order valence-corrected chi connectivity index (χ4v) is 6.45. The number of nitriles is 2. The minimum absolute atomic E-state index is 0.0296. The van der Waals surface area contributed by atoms with Gasteiger partial charge in [0.05, 0.1) is 11.3 Å². The molecule has 0 aliphatic rings. The molecule has 0 aliphatic carbocycles. The summed E-state index contributed by atoms with van der Waals surface area (Å²) in [6.45, 7) is 0.150. The molecule has 3 aromatic carbocycles. The molecular formula is C36H28ClF3N6O5S2. The number of esters is 1. The number of nitrogens with two attached hydrogens (primary N) is 2. The monoisotopic (exact) mass is 780 g/mol. The molecule has 5 N–H and O–H groups in total. The zero-order valence-electron chi connectivity index (χ0n) is 27.3. The maximum atomic E-state index is 12.3. The summed E-state index contributed by atoms with van der Waals surface area (Å²) >= 11 is 8.84. The van der Waals surface area contributed by atoms with Crippen LogP contribution >= 0.6 is 34.7 Å². The van der Waals surface area contributed by atoms with E-state index in [9.17, 15) is 28.5 Å². The number of thiazole rings is 1. The summed E-state index contributed by atoms with van der Waals surface area (Å²) in [5, 5.41) is 31.0. The topological polar surface area (TPSA) is 198 Å². The van der Waals surface area contributed by atoms with Crippen LogP contribution < -0.4 is 16.2 Å². The Bertz CT molecular complexity index is 2120. The van der Waals surface area contributed by atoms with Gasteiger partial charge in [-0.05, 0) is 41.8 Å². The molecule has 0 saturated heterocycles. The average Bonchev–Trinajstić information content (AvgIpc) is 3.62. The number of nitrogen functional groups attached to an aromatic ring is 1. The van der Waals surface area contributed by atoms with Crippen LogP contribution in [0.15, 0.2) is 89.3 Å². The fraction of sp³-hybridized carbons (Fsp3) is 0.167. The van der Waals surface area contributed by atoms with Crippen LogP contribution in [0.5, 0.6) is 5.75 Å². The molecule has 0 spiro atoms. The molecule has 17 heteroatoms. The number of carboxylic acid groups (broad SMARTS) is 1. The Morgan fingerprint density at radius 2 is 1.57 bits per heavy atom. The summed E-state index contributed by atoms with van der Waals surface area (Å²) in [5.74, 6) is -2.26. The van der Waals surface area contributed by atoms with Crippen LogP contribution in [0, 0.1) is 22.7 Å². The number of benzene rings is 3. The number of anilines is 1. The molecule has 5 aromatic rings. The lowest BCUT2D eigenvalue weighted by Gasteiger charge is -2.14. The first-order chi connectivity index (χ1) is 25.3. The number of rotatable bonds is 12. The molecule has 0 saturated carbocycles. The Balaban J connectivity index is 0.000000815. The van der Waals surface area contributed by atoms with E-state index >= 15 is 0 Å². The largest absolute Gasteiger partial charge is 0.490 e. The number of halogens is 4. The Kier molecular flexibility index (Phi) is 14.2. The van der Waals surface area contributed by atoms with E-state index in [1.807, 2.05) is 60.0 Å². The first-order valence-electron chi connectivity index (χ1n) is 15.3. The third-order valence-corrected chi connectivity index (χ3v) is 9.20. The fourth-order valence-electron chi connectivity index (χ4n) is 4.51. The zero-order chi connectivity index (χ0) is 38.5. The second-order valence-electron chi connectivity index (χ2n) is 10.7. The molecule has 2 aromatic heterocycles. The molecule has 0 bridgehead atoms. The van der Waals surface area contributed by atoms with Crippen LogP contribution in [0.1, 0.15) is 22.4 Å². The number of nitrogens with zero attached hydrogens (tertiary/aromatic N) is 4. The lowest BCUT2D eigenvalue weighted by molar-refractivity contribution is -0.192. The third-order valence-electron chi connectivity index (χ3n) is 7.00. The van der Waals surface area contributed by atoms with Gasteiger partial charge in [-0.3, -0.25) is 4.79 Å². The Morgan fingerprint density at radius 3 is 2.17 bits per heavy atom. The summed E-state index contributed by atoms with van der Waals surface area (Å²) in [4.78, 5) is 30.2. The predicted octanol–water partition coefficient (Wildman–Crippen LogP) is 7.27. The van der Waals surface area contributed by atoms with Crippen LogP contribution in [0.4, 0.5) is 19.0 Å². The summed E-state index contributed by atoms with van der Waals surface area (Å²) in [5.41, 5.74) is 16.3. The normalized spacial score (nSPS) is 11.3. The van der Waals surface area contributed by atoms with Gasteiger partial charge in [-0.15, -0.1) is 11.3 Å². The van der Waals surface area contributed by atoms with Crippen LogP contribution in [-0.4, -0.2) is 52.4 Å². The molecule has 0 amide bonds. The number of thioether (sulfide) groups is 1. The molecule has 0 unspecified atom stereocenters. The highest BCUT2D eigenvalue weighted by atomic mass is 35.5. The summed E-state index contributed by atoms with van der Waals surface area (Å²) in [6, 6.07) is 27.4. The highest BCUT2D eigenvalue weighted by molar-refractivity contribution is 7.98. The van der Waals surface area contributed by atoms with Crippen molar-refractivity contribution in [2.75, 3.05) is 18.9 Å². The maximum absolute atomic E-state index is 12.3. The number of carbonyl (C=O) groups is 2. The van der Waals surface area contributed by atoms with Crippen molar-refractivity contribution in [3.63, 3.8) is 0 Å². The number of aliphatic carboxylic acids is 1. The van der Waals surface area contributed by atoms with E-state index in [1.54, 1.807) is 24.3 Å². The number of alkyl halides is 3. The van der Waals surface area contributed by atoms with Gasteiger partial charge in [-0.1, -0.05) is 78.0 Å². The van der Waals surface area contributed by atoms with Gasteiger partial charge in [0.25, 0.3) is 0 Å². The number of carboxylic acids is 1. The number of carbonyl (C=O) groups excluding carboxylic acids is 1. The van der Waals surface area contributed by atoms with Gasteiger partial charge >= 0.3 is 18.1 Å². The second kappa shape index (κ2) is 18.7. The third kappa shape index (κ3) is 11.4. The van der Waals surface area contributed by atoms with E-state index in [1.165, 1.54) is 23.1 Å². The van der Waals surface area contributed by atoms with Crippen molar-refractivity contribution in [3.8, 4) is 39.6 Å². The van der Waals surface area contributed by atoms with Gasteiger partial charge in [0.15, 0.2) is 0 Å². The van der Waals surface area contributed by atoms with E-state index in [0.717, 1.165) is 21.8 Å². The molecule has 5 rings (SSSR count). The molecule has 0 radical (unpaired) electrons. The van der Waals surface area contributed by atoms with Crippen LogP contribution in [0.25, 0.3) is 21.7 Å². The number of hydrogen-bond donors (Lipinski definition) is 3. The Hall–Kier alpha value is -5.65. The first-order valence-corrected chi connectivity index (χ1v) is 17.5. The van der Waals surface area contributed by atoms with Gasteiger partial charge in [0, 0.05) is 27.3 Å². The quantitative estimate of drug-likeness (QED) is 0.0651.